The lowest BCUT2D eigenvalue weighted by atomic mass is 10.0. The van der Waals surface area contributed by atoms with Gasteiger partial charge in [-0.05, 0) is 40.2 Å². The Bertz CT molecular complexity index is 596. The first-order valence-electron chi connectivity index (χ1n) is 5.26. The van der Waals surface area contributed by atoms with Crippen molar-refractivity contribution in [1.82, 2.24) is 0 Å². The van der Waals surface area contributed by atoms with E-state index in [1.165, 1.54) is 19.2 Å². The molecule has 92 valence electrons. The zero-order valence-corrected chi connectivity index (χ0v) is 11.2. The highest BCUT2D eigenvalue weighted by Gasteiger charge is 2.15. The van der Waals surface area contributed by atoms with Crippen LogP contribution in [0, 0.1) is 5.82 Å². The van der Waals surface area contributed by atoms with Crippen molar-refractivity contribution in [2.75, 3.05) is 7.11 Å². The fourth-order valence-electron chi connectivity index (χ4n) is 1.60. The van der Waals surface area contributed by atoms with Crippen LogP contribution in [0.1, 0.15) is 15.9 Å². The van der Waals surface area contributed by atoms with E-state index in [2.05, 4.69) is 15.9 Å². The number of ketones is 1. The van der Waals surface area contributed by atoms with Gasteiger partial charge in [-0.15, -0.1) is 0 Å². The van der Waals surface area contributed by atoms with Gasteiger partial charge < -0.3 is 4.74 Å². The van der Waals surface area contributed by atoms with Gasteiger partial charge in [-0.1, -0.05) is 18.2 Å². The summed E-state index contributed by atoms with van der Waals surface area (Å²) in [5, 5.41) is 0. The lowest BCUT2D eigenvalue weighted by Gasteiger charge is -2.06. The number of halogens is 2. The average molecular weight is 309 g/mol. The highest BCUT2D eigenvalue weighted by atomic mass is 79.9. The molecule has 0 spiro atoms. The van der Waals surface area contributed by atoms with Gasteiger partial charge in [0.05, 0.1) is 11.6 Å². The minimum Gasteiger partial charge on any atom is -0.497 e. The van der Waals surface area contributed by atoms with E-state index in [-0.39, 0.29) is 10.3 Å². The number of carbonyl (C=O) groups excluding carboxylic acids is 1. The first kappa shape index (κ1) is 12.8. The first-order chi connectivity index (χ1) is 8.63. The molecule has 0 saturated heterocycles. The van der Waals surface area contributed by atoms with E-state index in [1.54, 1.807) is 30.3 Å². The normalized spacial score (nSPS) is 10.2. The zero-order chi connectivity index (χ0) is 13.1. The molecule has 2 aromatic carbocycles. The molecule has 2 nitrogen and oxygen atoms in total. The SMILES string of the molecule is COc1cccc(C(=O)c2cccc(F)c2Br)c1. The summed E-state index contributed by atoms with van der Waals surface area (Å²) in [5.74, 6) is -0.114. The number of hydrogen-bond acceptors (Lipinski definition) is 2. The predicted molar refractivity (Wildman–Crippen MR) is 70.5 cm³/mol. The minimum absolute atomic E-state index is 0.179. The molecule has 0 bridgehead atoms. The van der Waals surface area contributed by atoms with E-state index in [0.29, 0.717) is 16.9 Å². The summed E-state index contributed by atoms with van der Waals surface area (Å²) in [5.41, 5.74) is 0.754. The van der Waals surface area contributed by atoms with E-state index < -0.39 is 5.82 Å². The largest absolute Gasteiger partial charge is 0.497 e. The fraction of sp³-hybridized carbons (Fsp3) is 0.0714. The molecular weight excluding hydrogens is 299 g/mol. The first-order valence-corrected chi connectivity index (χ1v) is 6.05. The maximum absolute atomic E-state index is 13.4. The Labute approximate surface area is 113 Å². The summed E-state index contributed by atoms with van der Waals surface area (Å²) in [6, 6.07) is 11.1. The minimum atomic E-state index is -0.455. The highest BCUT2D eigenvalue weighted by molar-refractivity contribution is 9.10. The second-order valence-corrected chi connectivity index (χ2v) is 4.46. The van der Waals surface area contributed by atoms with Gasteiger partial charge in [0.2, 0.25) is 0 Å². The Balaban J connectivity index is 2.44. The van der Waals surface area contributed by atoms with E-state index in [1.807, 2.05) is 0 Å². The molecule has 0 N–H and O–H groups in total. The van der Waals surface area contributed by atoms with Crippen molar-refractivity contribution >= 4 is 21.7 Å². The standard InChI is InChI=1S/C14H10BrFO2/c1-18-10-5-2-4-9(8-10)14(17)11-6-3-7-12(16)13(11)15/h2-8H,1H3. The summed E-state index contributed by atoms with van der Waals surface area (Å²) < 4.78 is 18.6. The van der Waals surface area contributed by atoms with Gasteiger partial charge in [0.1, 0.15) is 11.6 Å². The smallest absolute Gasteiger partial charge is 0.194 e. The van der Waals surface area contributed by atoms with Crippen LogP contribution in [-0.2, 0) is 0 Å². The van der Waals surface area contributed by atoms with E-state index >= 15 is 0 Å². The van der Waals surface area contributed by atoms with Crippen LogP contribution < -0.4 is 4.74 Å². The Morgan fingerprint density at radius 2 is 1.94 bits per heavy atom. The van der Waals surface area contributed by atoms with Crippen molar-refractivity contribution in [3.05, 3.63) is 63.9 Å². The molecule has 0 aliphatic rings. The Kier molecular flexibility index (Phi) is 3.77. The third kappa shape index (κ3) is 2.43. The number of ether oxygens (including phenoxy) is 1. The summed E-state index contributed by atoms with van der Waals surface area (Å²) in [4.78, 5) is 12.2. The van der Waals surface area contributed by atoms with Crippen molar-refractivity contribution in [3.63, 3.8) is 0 Å². The molecule has 4 heteroatoms. The molecule has 0 saturated carbocycles. The van der Waals surface area contributed by atoms with Crippen LogP contribution in [0.25, 0.3) is 0 Å². The molecule has 0 fully saturated rings. The highest BCUT2D eigenvalue weighted by Crippen LogP contribution is 2.24. The second-order valence-electron chi connectivity index (χ2n) is 3.66. The topological polar surface area (TPSA) is 26.3 Å². The van der Waals surface area contributed by atoms with Gasteiger partial charge in [0.15, 0.2) is 5.78 Å². The van der Waals surface area contributed by atoms with E-state index in [9.17, 15) is 9.18 Å². The summed E-state index contributed by atoms with van der Waals surface area (Å²) in [7, 11) is 1.53. The predicted octanol–water partition coefficient (Wildman–Crippen LogP) is 3.83. The molecule has 18 heavy (non-hydrogen) atoms. The van der Waals surface area contributed by atoms with Crippen LogP contribution in [0.5, 0.6) is 5.75 Å². The third-order valence-electron chi connectivity index (χ3n) is 2.53. The number of rotatable bonds is 3. The molecular formula is C14H10BrFO2. The maximum Gasteiger partial charge on any atom is 0.194 e. The lowest BCUT2D eigenvalue weighted by molar-refractivity contribution is 0.103. The molecule has 0 amide bonds. The number of hydrogen-bond donors (Lipinski definition) is 0. The zero-order valence-electron chi connectivity index (χ0n) is 9.61. The maximum atomic E-state index is 13.4. The van der Waals surface area contributed by atoms with Gasteiger partial charge in [0.25, 0.3) is 0 Å². The van der Waals surface area contributed by atoms with Crippen molar-refractivity contribution in [2.24, 2.45) is 0 Å². The monoisotopic (exact) mass is 308 g/mol. The van der Waals surface area contributed by atoms with Crippen LogP contribution in [0.3, 0.4) is 0 Å². The Hall–Kier alpha value is -1.68. The number of carbonyl (C=O) groups is 1. The van der Waals surface area contributed by atoms with E-state index in [4.69, 9.17) is 4.74 Å². The van der Waals surface area contributed by atoms with Crippen LogP contribution in [0.2, 0.25) is 0 Å². The lowest BCUT2D eigenvalue weighted by Crippen LogP contribution is -2.03. The van der Waals surface area contributed by atoms with Crippen molar-refractivity contribution in [1.29, 1.82) is 0 Å². The molecule has 0 radical (unpaired) electrons. The van der Waals surface area contributed by atoms with Crippen molar-refractivity contribution in [2.45, 2.75) is 0 Å². The van der Waals surface area contributed by atoms with Crippen LogP contribution in [0.15, 0.2) is 46.9 Å². The molecule has 0 heterocycles. The van der Waals surface area contributed by atoms with E-state index in [0.717, 1.165) is 0 Å². The molecule has 0 aliphatic heterocycles. The molecule has 0 atom stereocenters. The summed E-state index contributed by atoms with van der Waals surface area (Å²) in [6.07, 6.45) is 0. The Morgan fingerprint density at radius 1 is 1.22 bits per heavy atom. The fourth-order valence-corrected chi connectivity index (χ4v) is 2.04. The van der Waals surface area contributed by atoms with Gasteiger partial charge in [-0.25, -0.2) is 4.39 Å². The van der Waals surface area contributed by atoms with Gasteiger partial charge in [-0.3, -0.25) is 4.79 Å². The average Bonchev–Trinajstić information content (AvgIpc) is 2.41. The molecule has 2 aromatic rings. The van der Waals surface area contributed by atoms with Crippen molar-refractivity contribution in [3.8, 4) is 5.75 Å². The van der Waals surface area contributed by atoms with Gasteiger partial charge in [-0.2, -0.15) is 0 Å². The summed E-state index contributed by atoms with van der Waals surface area (Å²) in [6.45, 7) is 0. The van der Waals surface area contributed by atoms with Crippen molar-refractivity contribution < 1.29 is 13.9 Å². The summed E-state index contributed by atoms with van der Waals surface area (Å²) >= 11 is 3.09. The van der Waals surface area contributed by atoms with Gasteiger partial charge >= 0.3 is 0 Å². The van der Waals surface area contributed by atoms with Crippen LogP contribution in [0.4, 0.5) is 4.39 Å². The quantitative estimate of drug-likeness (QED) is 0.806. The molecule has 0 unspecified atom stereocenters. The third-order valence-corrected chi connectivity index (χ3v) is 3.33. The molecule has 0 aliphatic carbocycles. The Morgan fingerprint density at radius 3 is 2.67 bits per heavy atom. The van der Waals surface area contributed by atoms with Crippen LogP contribution in [-0.4, -0.2) is 12.9 Å². The number of methoxy groups -OCH3 is 1. The molecule has 2 rings (SSSR count). The number of benzene rings is 2. The molecule has 0 aromatic heterocycles. The van der Waals surface area contributed by atoms with Crippen LogP contribution >= 0.6 is 15.9 Å². The second kappa shape index (κ2) is 5.31. The van der Waals surface area contributed by atoms with Gasteiger partial charge in [0, 0.05) is 11.1 Å².